The van der Waals surface area contributed by atoms with E-state index in [-0.39, 0.29) is 17.8 Å². The van der Waals surface area contributed by atoms with Gasteiger partial charge in [-0.1, -0.05) is 64.8 Å². The Kier molecular flexibility index (Phi) is 7.88. The van der Waals surface area contributed by atoms with Crippen LogP contribution < -0.4 is 10.1 Å². The van der Waals surface area contributed by atoms with Crippen LogP contribution in [0.2, 0.25) is 15.1 Å². The highest BCUT2D eigenvalue weighted by atomic mass is 35.5. The highest BCUT2D eigenvalue weighted by Gasteiger charge is 2.20. The summed E-state index contributed by atoms with van der Waals surface area (Å²) >= 11 is 19.6. The number of para-hydroxylation sites is 2. The molecule has 10 heteroatoms. The van der Waals surface area contributed by atoms with E-state index in [1.807, 2.05) is 30.5 Å². The summed E-state index contributed by atoms with van der Waals surface area (Å²) in [5.74, 6) is 1.10. The third-order valence-electron chi connectivity index (χ3n) is 4.13. The number of aromatic nitrogens is 3. The second kappa shape index (κ2) is 10.4. The van der Waals surface area contributed by atoms with E-state index in [2.05, 4.69) is 15.5 Å². The minimum Gasteiger partial charge on any atom is -0.481 e. The second-order valence-corrected chi connectivity index (χ2v) is 8.37. The van der Waals surface area contributed by atoms with Crippen LogP contribution in [-0.2, 0) is 11.3 Å². The van der Waals surface area contributed by atoms with Crippen molar-refractivity contribution in [2.75, 3.05) is 11.1 Å². The van der Waals surface area contributed by atoms with E-state index in [0.717, 1.165) is 0 Å². The second-order valence-electron chi connectivity index (χ2n) is 6.21. The van der Waals surface area contributed by atoms with E-state index in [0.29, 0.717) is 44.0 Å². The van der Waals surface area contributed by atoms with E-state index < -0.39 is 0 Å². The number of benzene rings is 2. The van der Waals surface area contributed by atoms with Gasteiger partial charge in [-0.15, -0.1) is 10.2 Å². The molecule has 1 unspecified atom stereocenters. The van der Waals surface area contributed by atoms with Crippen molar-refractivity contribution in [3.8, 4) is 5.75 Å². The SMILES string of the molecule is CCn1c(SCC(=O)Nc2c(Cl)cccc2Cl)nnc1C(C)Oc1ccccc1Cl. The summed E-state index contributed by atoms with van der Waals surface area (Å²) < 4.78 is 7.85. The van der Waals surface area contributed by atoms with Gasteiger partial charge in [-0.3, -0.25) is 4.79 Å². The maximum Gasteiger partial charge on any atom is 0.234 e. The minimum atomic E-state index is -0.373. The first kappa shape index (κ1) is 22.7. The summed E-state index contributed by atoms with van der Waals surface area (Å²) in [6, 6.07) is 12.3. The Hall–Kier alpha value is -1.93. The van der Waals surface area contributed by atoms with Crippen molar-refractivity contribution in [1.29, 1.82) is 0 Å². The van der Waals surface area contributed by atoms with Crippen LogP contribution in [0, 0.1) is 0 Å². The highest BCUT2D eigenvalue weighted by molar-refractivity contribution is 7.99. The number of ether oxygens (including phenoxy) is 1. The summed E-state index contributed by atoms with van der Waals surface area (Å²) in [5, 5.41) is 13.1. The Morgan fingerprint density at radius 2 is 1.77 bits per heavy atom. The molecule has 3 aromatic rings. The number of hydrogen-bond acceptors (Lipinski definition) is 5. The number of anilines is 1. The van der Waals surface area contributed by atoms with E-state index in [9.17, 15) is 4.79 Å². The molecule has 1 heterocycles. The van der Waals surface area contributed by atoms with Crippen molar-refractivity contribution in [2.45, 2.75) is 31.7 Å². The zero-order valence-electron chi connectivity index (χ0n) is 16.2. The molecule has 0 saturated carbocycles. The van der Waals surface area contributed by atoms with Gasteiger partial charge in [0.25, 0.3) is 0 Å². The zero-order valence-corrected chi connectivity index (χ0v) is 19.3. The molecule has 3 rings (SSSR count). The van der Waals surface area contributed by atoms with Gasteiger partial charge in [0.15, 0.2) is 17.1 Å². The largest absolute Gasteiger partial charge is 0.481 e. The predicted molar refractivity (Wildman–Crippen MR) is 122 cm³/mol. The normalized spacial score (nSPS) is 11.9. The van der Waals surface area contributed by atoms with Crippen LogP contribution in [0.15, 0.2) is 47.6 Å². The maximum atomic E-state index is 12.4. The van der Waals surface area contributed by atoms with E-state index in [1.165, 1.54) is 11.8 Å². The molecule has 0 aliphatic carbocycles. The summed E-state index contributed by atoms with van der Waals surface area (Å²) in [4.78, 5) is 12.4. The average Bonchev–Trinajstić information content (AvgIpc) is 3.14. The van der Waals surface area contributed by atoms with Crippen LogP contribution in [-0.4, -0.2) is 26.4 Å². The number of nitrogens with one attached hydrogen (secondary N) is 1. The molecule has 6 nitrogen and oxygen atoms in total. The fraction of sp³-hybridized carbons (Fsp3) is 0.250. The number of halogens is 3. The summed E-state index contributed by atoms with van der Waals surface area (Å²) in [6.45, 7) is 4.47. The van der Waals surface area contributed by atoms with E-state index in [1.54, 1.807) is 30.3 Å². The molecule has 0 saturated heterocycles. The quantitative estimate of drug-likeness (QED) is 0.389. The molecule has 0 radical (unpaired) electrons. The van der Waals surface area contributed by atoms with Crippen LogP contribution in [0.4, 0.5) is 5.69 Å². The molecule has 0 fully saturated rings. The third kappa shape index (κ3) is 5.40. The fourth-order valence-electron chi connectivity index (χ4n) is 2.71. The van der Waals surface area contributed by atoms with Crippen LogP contribution >= 0.6 is 46.6 Å². The topological polar surface area (TPSA) is 69.0 Å². The molecule has 30 heavy (non-hydrogen) atoms. The molecule has 158 valence electrons. The molecule has 0 bridgehead atoms. The molecular formula is C20H19Cl3N4O2S. The molecule has 1 amide bonds. The van der Waals surface area contributed by atoms with Gasteiger partial charge in [-0.05, 0) is 38.1 Å². The van der Waals surface area contributed by atoms with Gasteiger partial charge in [-0.25, -0.2) is 0 Å². The molecular weight excluding hydrogens is 467 g/mol. The van der Waals surface area contributed by atoms with Crippen LogP contribution in [0.5, 0.6) is 5.75 Å². The van der Waals surface area contributed by atoms with Gasteiger partial charge < -0.3 is 14.6 Å². The molecule has 0 spiro atoms. The first-order valence-electron chi connectivity index (χ1n) is 9.11. The van der Waals surface area contributed by atoms with Crippen molar-refractivity contribution in [2.24, 2.45) is 0 Å². The summed E-state index contributed by atoms with van der Waals surface area (Å²) in [5.41, 5.74) is 0.394. The van der Waals surface area contributed by atoms with Gasteiger partial charge in [0.2, 0.25) is 5.91 Å². The first-order valence-corrected chi connectivity index (χ1v) is 11.2. The van der Waals surface area contributed by atoms with E-state index >= 15 is 0 Å². The Labute approximate surface area is 193 Å². The standard InChI is InChI=1S/C20H19Cl3N4O2S/c1-3-27-19(12(2)29-16-10-5-4-7-13(16)21)25-26-20(27)30-11-17(28)24-18-14(22)8-6-9-15(18)23/h4-10,12H,3,11H2,1-2H3,(H,24,28). The van der Waals surface area contributed by atoms with Crippen LogP contribution in [0.25, 0.3) is 0 Å². The lowest BCUT2D eigenvalue weighted by Gasteiger charge is -2.16. The highest BCUT2D eigenvalue weighted by Crippen LogP contribution is 2.31. The minimum absolute atomic E-state index is 0.124. The molecule has 2 aromatic carbocycles. The maximum absolute atomic E-state index is 12.4. The number of thioether (sulfide) groups is 1. The Morgan fingerprint density at radius 1 is 1.10 bits per heavy atom. The van der Waals surface area contributed by atoms with Gasteiger partial charge in [0.1, 0.15) is 5.75 Å². The number of rotatable bonds is 8. The zero-order chi connectivity index (χ0) is 21.7. The summed E-state index contributed by atoms with van der Waals surface area (Å²) in [7, 11) is 0. The number of nitrogens with zero attached hydrogens (tertiary/aromatic N) is 3. The van der Waals surface area contributed by atoms with Crippen molar-refractivity contribution >= 4 is 58.2 Å². The van der Waals surface area contributed by atoms with Crippen molar-refractivity contribution < 1.29 is 9.53 Å². The Bertz CT molecular complexity index is 1020. The van der Waals surface area contributed by atoms with Gasteiger partial charge in [0, 0.05) is 6.54 Å². The lowest BCUT2D eigenvalue weighted by Crippen LogP contribution is -2.16. The number of carbonyl (C=O) groups excluding carboxylic acids is 1. The lowest BCUT2D eigenvalue weighted by molar-refractivity contribution is -0.113. The van der Waals surface area contributed by atoms with Gasteiger partial charge >= 0.3 is 0 Å². The molecule has 0 aliphatic heterocycles. The van der Waals surface area contributed by atoms with Crippen molar-refractivity contribution in [3.63, 3.8) is 0 Å². The average molecular weight is 486 g/mol. The molecule has 1 aromatic heterocycles. The third-order valence-corrected chi connectivity index (χ3v) is 6.03. The van der Waals surface area contributed by atoms with Crippen LogP contribution in [0.1, 0.15) is 25.8 Å². The summed E-state index contributed by atoms with van der Waals surface area (Å²) in [6.07, 6.45) is -0.373. The number of carbonyl (C=O) groups is 1. The number of amides is 1. The Morgan fingerprint density at radius 3 is 2.43 bits per heavy atom. The smallest absolute Gasteiger partial charge is 0.234 e. The van der Waals surface area contributed by atoms with Crippen LogP contribution in [0.3, 0.4) is 0 Å². The van der Waals surface area contributed by atoms with Gasteiger partial charge in [-0.2, -0.15) is 0 Å². The van der Waals surface area contributed by atoms with E-state index in [4.69, 9.17) is 39.5 Å². The molecule has 1 N–H and O–H groups in total. The Balaban J connectivity index is 1.67. The number of hydrogen-bond donors (Lipinski definition) is 1. The fourth-order valence-corrected chi connectivity index (χ4v) is 4.19. The lowest BCUT2D eigenvalue weighted by atomic mass is 10.3. The predicted octanol–water partition coefficient (Wildman–Crippen LogP) is 6.13. The molecule has 1 atom stereocenters. The van der Waals surface area contributed by atoms with Crippen molar-refractivity contribution in [3.05, 3.63) is 63.4 Å². The monoisotopic (exact) mass is 484 g/mol. The van der Waals surface area contributed by atoms with Gasteiger partial charge in [0.05, 0.1) is 26.5 Å². The first-order chi connectivity index (χ1) is 14.4. The molecule has 0 aliphatic rings. The van der Waals surface area contributed by atoms with Crippen molar-refractivity contribution in [1.82, 2.24) is 14.8 Å².